The number of nitrogens with zero attached hydrogens (tertiary/aromatic N) is 1. The molecule has 0 aromatic rings. The lowest BCUT2D eigenvalue weighted by Crippen LogP contribution is -1.74. The molecule has 0 amide bonds. The molecular formula is C6H13NS. The van der Waals surface area contributed by atoms with Crippen molar-refractivity contribution in [1.29, 1.82) is 0 Å². The van der Waals surface area contributed by atoms with E-state index in [1.54, 1.807) is 11.8 Å². The van der Waals surface area contributed by atoms with E-state index in [-0.39, 0.29) is 0 Å². The first-order valence-electron chi connectivity index (χ1n) is 3.01. The van der Waals surface area contributed by atoms with Crippen molar-refractivity contribution in [2.75, 3.05) is 12.3 Å². The van der Waals surface area contributed by atoms with Crippen molar-refractivity contribution in [3.8, 4) is 0 Å². The minimum Gasteiger partial charge on any atom is -0.286 e. The van der Waals surface area contributed by atoms with Gasteiger partial charge in [0.25, 0.3) is 0 Å². The van der Waals surface area contributed by atoms with E-state index in [4.69, 9.17) is 0 Å². The van der Waals surface area contributed by atoms with Crippen LogP contribution in [0.5, 0.6) is 0 Å². The average Bonchev–Trinajstić information content (AvgIpc) is 1.81. The molecule has 8 heavy (non-hydrogen) atoms. The van der Waals surface area contributed by atoms with Crippen molar-refractivity contribution < 1.29 is 0 Å². The second-order valence-electron chi connectivity index (χ2n) is 1.47. The van der Waals surface area contributed by atoms with Gasteiger partial charge < -0.3 is 0 Å². The van der Waals surface area contributed by atoms with Crippen LogP contribution in [0.15, 0.2) is 4.99 Å². The largest absolute Gasteiger partial charge is 0.286 e. The van der Waals surface area contributed by atoms with Gasteiger partial charge in [-0.25, -0.2) is 0 Å². The van der Waals surface area contributed by atoms with Crippen LogP contribution in [0.2, 0.25) is 0 Å². The van der Waals surface area contributed by atoms with Crippen molar-refractivity contribution in [3.63, 3.8) is 0 Å². The summed E-state index contributed by atoms with van der Waals surface area (Å²) in [7, 11) is 0. The van der Waals surface area contributed by atoms with E-state index in [2.05, 4.69) is 18.8 Å². The zero-order chi connectivity index (χ0) is 6.24. The first kappa shape index (κ1) is 8.02. The van der Waals surface area contributed by atoms with Crippen molar-refractivity contribution in [1.82, 2.24) is 0 Å². The summed E-state index contributed by atoms with van der Waals surface area (Å²) in [6.07, 6.45) is 1.15. The molecular weight excluding hydrogens is 118 g/mol. The minimum absolute atomic E-state index is 0.979. The monoisotopic (exact) mass is 131 g/mol. The third kappa shape index (κ3) is 6.02. The fourth-order valence-electron chi connectivity index (χ4n) is 0.309. The first-order chi connectivity index (χ1) is 3.91. The summed E-state index contributed by atoms with van der Waals surface area (Å²) in [5, 5.41) is 0. The summed E-state index contributed by atoms with van der Waals surface area (Å²) in [6, 6.07) is 0. The van der Waals surface area contributed by atoms with Gasteiger partial charge in [-0.3, -0.25) is 4.99 Å². The molecule has 0 atom stereocenters. The van der Waals surface area contributed by atoms with E-state index in [0.717, 1.165) is 18.7 Å². The van der Waals surface area contributed by atoms with Crippen LogP contribution in [0.3, 0.4) is 0 Å². The van der Waals surface area contributed by atoms with Gasteiger partial charge in [-0.1, -0.05) is 13.8 Å². The van der Waals surface area contributed by atoms with Gasteiger partial charge in [-0.2, -0.15) is 0 Å². The molecule has 0 spiro atoms. The highest BCUT2D eigenvalue weighted by Gasteiger charge is 1.72. The van der Waals surface area contributed by atoms with E-state index in [1.165, 1.54) is 0 Å². The maximum atomic E-state index is 4.12. The zero-order valence-electron chi connectivity index (χ0n) is 5.55. The number of thioether (sulfide) groups is 1. The molecule has 0 aliphatic carbocycles. The topological polar surface area (TPSA) is 12.4 Å². The second kappa shape index (κ2) is 7.02. The van der Waals surface area contributed by atoms with Crippen LogP contribution >= 0.6 is 11.8 Å². The standard InChI is InChI=1S/C6H13NS/c1-3-5-7-6-8-4-2/h6H,3-5H2,1-2H3. The van der Waals surface area contributed by atoms with Crippen molar-refractivity contribution in [2.24, 2.45) is 4.99 Å². The highest BCUT2D eigenvalue weighted by molar-refractivity contribution is 8.12. The fourth-order valence-corrected chi connectivity index (χ4v) is 0.669. The summed E-state index contributed by atoms with van der Waals surface area (Å²) >= 11 is 1.76. The van der Waals surface area contributed by atoms with Crippen LogP contribution < -0.4 is 0 Å². The lowest BCUT2D eigenvalue weighted by molar-refractivity contribution is 0.939. The van der Waals surface area contributed by atoms with Gasteiger partial charge in [0.1, 0.15) is 0 Å². The Labute approximate surface area is 55.6 Å². The summed E-state index contributed by atoms with van der Waals surface area (Å²) in [5.41, 5.74) is 1.93. The Kier molecular flexibility index (Phi) is 7.04. The highest BCUT2D eigenvalue weighted by Crippen LogP contribution is 1.91. The maximum absolute atomic E-state index is 4.12. The van der Waals surface area contributed by atoms with E-state index in [1.807, 2.05) is 5.55 Å². The van der Waals surface area contributed by atoms with E-state index >= 15 is 0 Å². The van der Waals surface area contributed by atoms with Crippen LogP contribution in [0.1, 0.15) is 20.3 Å². The normalized spacial score (nSPS) is 10.8. The maximum Gasteiger partial charge on any atom is 0.0540 e. The summed E-state index contributed by atoms with van der Waals surface area (Å²) < 4.78 is 0. The zero-order valence-corrected chi connectivity index (χ0v) is 6.37. The molecule has 0 N–H and O–H groups in total. The van der Waals surface area contributed by atoms with Crippen molar-refractivity contribution >= 4 is 17.3 Å². The molecule has 0 saturated carbocycles. The minimum atomic E-state index is 0.979. The van der Waals surface area contributed by atoms with Gasteiger partial charge in [-0.05, 0) is 12.2 Å². The predicted octanol–water partition coefficient (Wildman–Crippen LogP) is 2.18. The lowest BCUT2D eigenvalue weighted by Gasteiger charge is -1.83. The molecule has 0 heterocycles. The van der Waals surface area contributed by atoms with Crippen molar-refractivity contribution in [2.45, 2.75) is 20.3 Å². The Bertz CT molecular complexity index is 53.5. The van der Waals surface area contributed by atoms with Crippen LogP contribution in [0, 0.1) is 0 Å². The smallest absolute Gasteiger partial charge is 0.0540 e. The molecule has 48 valence electrons. The van der Waals surface area contributed by atoms with Crippen molar-refractivity contribution in [3.05, 3.63) is 0 Å². The summed E-state index contributed by atoms with van der Waals surface area (Å²) in [6.45, 7) is 5.24. The second-order valence-corrected chi connectivity index (χ2v) is 2.59. The van der Waals surface area contributed by atoms with Gasteiger partial charge in [0, 0.05) is 6.54 Å². The molecule has 0 rings (SSSR count). The SMILES string of the molecule is CCCN=CSCC. The van der Waals surface area contributed by atoms with Gasteiger partial charge in [-0.15, -0.1) is 11.8 Å². The Hall–Kier alpha value is 0.0200. The molecule has 0 fully saturated rings. The molecule has 0 unspecified atom stereocenters. The van der Waals surface area contributed by atoms with Crippen LogP contribution in [-0.4, -0.2) is 17.8 Å². The number of hydrogen-bond acceptors (Lipinski definition) is 2. The van der Waals surface area contributed by atoms with Gasteiger partial charge in [0.05, 0.1) is 5.55 Å². The molecule has 2 heteroatoms. The Morgan fingerprint density at radius 1 is 1.50 bits per heavy atom. The van der Waals surface area contributed by atoms with Gasteiger partial charge in [0.15, 0.2) is 0 Å². The van der Waals surface area contributed by atoms with Crippen LogP contribution in [0.4, 0.5) is 0 Å². The lowest BCUT2D eigenvalue weighted by atomic mass is 10.5. The number of aliphatic imine (C=N–C) groups is 1. The van der Waals surface area contributed by atoms with E-state index < -0.39 is 0 Å². The van der Waals surface area contributed by atoms with Gasteiger partial charge in [0.2, 0.25) is 0 Å². The molecule has 1 nitrogen and oxygen atoms in total. The molecule has 0 aliphatic heterocycles. The molecule has 0 aliphatic rings. The third-order valence-corrected chi connectivity index (χ3v) is 1.30. The quantitative estimate of drug-likeness (QED) is 0.421. The van der Waals surface area contributed by atoms with Gasteiger partial charge >= 0.3 is 0 Å². The number of hydrogen-bond donors (Lipinski definition) is 0. The van der Waals surface area contributed by atoms with E-state index in [0.29, 0.717) is 0 Å². The molecule has 0 aromatic carbocycles. The van der Waals surface area contributed by atoms with Crippen LogP contribution in [0.25, 0.3) is 0 Å². The van der Waals surface area contributed by atoms with E-state index in [9.17, 15) is 0 Å². The predicted molar refractivity (Wildman–Crippen MR) is 41.8 cm³/mol. The Balaban J connectivity index is 2.83. The molecule has 0 radical (unpaired) electrons. The van der Waals surface area contributed by atoms with Crippen LogP contribution in [-0.2, 0) is 0 Å². The summed E-state index contributed by atoms with van der Waals surface area (Å²) in [5.74, 6) is 1.13. The Morgan fingerprint density at radius 2 is 2.25 bits per heavy atom. The molecule has 0 aromatic heterocycles. The molecule has 0 saturated heterocycles. The highest BCUT2D eigenvalue weighted by atomic mass is 32.2. The Morgan fingerprint density at radius 3 is 2.75 bits per heavy atom. The third-order valence-electron chi connectivity index (χ3n) is 0.668. The fraction of sp³-hybridized carbons (Fsp3) is 0.833. The first-order valence-corrected chi connectivity index (χ1v) is 4.06. The molecule has 0 bridgehead atoms. The summed E-state index contributed by atoms with van der Waals surface area (Å²) in [4.78, 5) is 4.12. The average molecular weight is 131 g/mol. The number of rotatable bonds is 4.